The van der Waals surface area contributed by atoms with E-state index in [1.807, 2.05) is 0 Å². The molecule has 0 saturated carbocycles. The van der Waals surface area contributed by atoms with E-state index in [2.05, 4.69) is 9.13 Å². The molecule has 0 aliphatic rings. The predicted octanol–water partition coefficient (Wildman–Crippen LogP) is 3.75. The minimum atomic E-state index is -3.69. The van der Waals surface area contributed by atoms with E-state index in [1.54, 1.807) is 20.8 Å². The maximum absolute atomic E-state index is 14.5. The van der Waals surface area contributed by atoms with E-state index in [0.717, 1.165) is 13.0 Å². The second-order valence-electron chi connectivity index (χ2n) is 6.19. The van der Waals surface area contributed by atoms with Gasteiger partial charge in [0, 0.05) is 12.5 Å². The van der Waals surface area contributed by atoms with Gasteiger partial charge in [0.1, 0.15) is 21.9 Å². The Hall–Kier alpha value is -1.54. The lowest BCUT2D eigenvalue weighted by atomic mass is 10.0. The molecule has 1 rings (SSSR count). The van der Waals surface area contributed by atoms with Crippen LogP contribution in [0.3, 0.4) is 0 Å². The van der Waals surface area contributed by atoms with Gasteiger partial charge in [-0.05, 0) is 33.8 Å². The second kappa shape index (κ2) is 7.57. The van der Waals surface area contributed by atoms with Gasteiger partial charge in [-0.2, -0.15) is 8.78 Å². The summed E-state index contributed by atoms with van der Waals surface area (Å²) in [5, 5.41) is 0. The van der Waals surface area contributed by atoms with E-state index in [-0.39, 0.29) is 11.3 Å². The van der Waals surface area contributed by atoms with Crippen molar-refractivity contribution in [1.82, 2.24) is 0 Å². The van der Waals surface area contributed by atoms with Crippen molar-refractivity contribution in [1.29, 1.82) is 0 Å². The number of carbonyl (C=O) groups excluding carboxylic acids is 1. The third-order valence-corrected chi connectivity index (χ3v) is 4.47. The van der Waals surface area contributed by atoms with Gasteiger partial charge < -0.3 is 9.29 Å². The van der Waals surface area contributed by atoms with E-state index >= 15 is 0 Å². The first-order valence-corrected chi connectivity index (χ1v) is 8.25. The lowest BCUT2D eigenvalue weighted by molar-refractivity contribution is -0.154. The van der Waals surface area contributed by atoms with Crippen LogP contribution >= 0.6 is 0 Å². The first-order chi connectivity index (χ1) is 10.9. The Balaban J connectivity index is 3.21. The minimum Gasteiger partial charge on any atom is -0.591 e. The van der Waals surface area contributed by atoms with Crippen LogP contribution in [0, 0.1) is 5.82 Å². The van der Waals surface area contributed by atoms with Crippen molar-refractivity contribution in [2.24, 2.45) is 4.40 Å². The molecule has 0 heterocycles. The molecule has 0 aliphatic carbocycles. The van der Waals surface area contributed by atoms with Gasteiger partial charge in [-0.25, -0.2) is 4.39 Å². The van der Waals surface area contributed by atoms with E-state index in [0.29, 0.717) is 0 Å². The van der Waals surface area contributed by atoms with Crippen LogP contribution in [0.1, 0.15) is 45.7 Å². The quantitative estimate of drug-likeness (QED) is 0.455. The van der Waals surface area contributed by atoms with Crippen molar-refractivity contribution in [2.45, 2.75) is 45.3 Å². The standard InChI is InChI=1S/C16H20F3NO3S/c1-10(20-24(22)15(3,4)5)12-7-6-8-13(14(12)17)16(18,19)9-23-11(2)21/h6-8H,9H2,1-5H3/t24-/m1/s1. The highest BCUT2D eigenvalue weighted by molar-refractivity contribution is 7.91. The average Bonchev–Trinajstić information content (AvgIpc) is 2.44. The maximum atomic E-state index is 14.5. The van der Waals surface area contributed by atoms with Crippen LogP contribution in [-0.2, 0) is 26.8 Å². The Bertz CT molecular complexity index is 642. The molecule has 1 aromatic rings. The number of carbonyl (C=O) groups is 1. The summed E-state index contributed by atoms with van der Waals surface area (Å²) in [6.45, 7) is 6.21. The summed E-state index contributed by atoms with van der Waals surface area (Å²) in [6, 6.07) is 3.43. The van der Waals surface area contributed by atoms with Gasteiger partial charge in [-0.15, -0.1) is 0 Å². The summed E-state index contributed by atoms with van der Waals surface area (Å²) < 4.78 is 62.1. The third-order valence-electron chi connectivity index (χ3n) is 2.98. The Labute approximate surface area is 142 Å². The van der Waals surface area contributed by atoms with Gasteiger partial charge in [0.25, 0.3) is 0 Å². The van der Waals surface area contributed by atoms with Gasteiger partial charge in [0.2, 0.25) is 0 Å². The number of halogens is 3. The Kier molecular flexibility index (Phi) is 6.46. The summed E-state index contributed by atoms with van der Waals surface area (Å²) in [5.74, 6) is -5.75. The number of nitrogens with zero attached hydrogens (tertiary/aromatic N) is 1. The zero-order valence-corrected chi connectivity index (χ0v) is 15.0. The van der Waals surface area contributed by atoms with Crippen LogP contribution in [0.2, 0.25) is 0 Å². The van der Waals surface area contributed by atoms with Crippen molar-refractivity contribution in [3.8, 4) is 0 Å². The number of ether oxygens (including phenoxy) is 1. The van der Waals surface area contributed by atoms with E-state index < -0.39 is 46.0 Å². The molecule has 0 bridgehead atoms. The molecule has 8 heteroatoms. The lowest BCUT2D eigenvalue weighted by Crippen LogP contribution is -2.27. The van der Waals surface area contributed by atoms with Crippen molar-refractivity contribution < 1.29 is 27.3 Å². The molecule has 1 atom stereocenters. The van der Waals surface area contributed by atoms with Crippen LogP contribution in [0.5, 0.6) is 0 Å². The van der Waals surface area contributed by atoms with Gasteiger partial charge >= 0.3 is 11.9 Å². The Morgan fingerprint density at radius 2 is 1.88 bits per heavy atom. The summed E-state index contributed by atoms with van der Waals surface area (Å²) in [5.41, 5.74) is -1.03. The van der Waals surface area contributed by atoms with E-state index in [1.165, 1.54) is 19.1 Å². The highest BCUT2D eigenvalue weighted by atomic mass is 32.2. The molecule has 24 heavy (non-hydrogen) atoms. The zero-order chi connectivity index (χ0) is 18.7. The number of esters is 1. The van der Waals surface area contributed by atoms with Crippen LogP contribution in [0.4, 0.5) is 13.2 Å². The van der Waals surface area contributed by atoms with Crippen molar-refractivity contribution in [2.75, 3.05) is 6.61 Å². The van der Waals surface area contributed by atoms with Crippen molar-refractivity contribution in [3.63, 3.8) is 0 Å². The largest absolute Gasteiger partial charge is 0.591 e. The molecule has 0 aromatic heterocycles. The smallest absolute Gasteiger partial charge is 0.309 e. The summed E-state index contributed by atoms with van der Waals surface area (Å²) in [6.07, 6.45) is 0. The minimum absolute atomic E-state index is 0.0471. The van der Waals surface area contributed by atoms with Crippen LogP contribution < -0.4 is 0 Å². The predicted molar refractivity (Wildman–Crippen MR) is 87.0 cm³/mol. The zero-order valence-electron chi connectivity index (χ0n) is 14.2. The summed E-state index contributed by atoms with van der Waals surface area (Å²) >= 11 is -1.65. The normalized spacial score (nSPS) is 14.5. The molecule has 0 spiro atoms. The molecule has 134 valence electrons. The van der Waals surface area contributed by atoms with Gasteiger partial charge in [-0.3, -0.25) is 4.79 Å². The molecule has 0 unspecified atom stereocenters. The maximum Gasteiger partial charge on any atom is 0.309 e. The second-order valence-corrected chi connectivity index (χ2v) is 8.10. The van der Waals surface area contributed by atoms with E-state index in [9.17, 15) is 22.5 Å². The highest BCUT2D eigenvalue weighted by Gasteiger charge is 2.37. The van der Waals surface area contributed by atoms with Crippen molar-refractivity contribution in [3.05, 3.63) is 35.1 Å². The molecule has 0 N–H and O–H groups in total. The number of rotatable bonds is 5. The number of alkyl halides is 2. The summed E-state index contributed by atoms with van der Waals surface area (Å²) in [4.78, 5) is 10.7. The monoisotopic (exact) mass is 363 g/mol. The lowest BCUT2D eigenvalue weighted by Gasteiger charge is -2.20. The number of benzene rings is 1. The molecule has 1 aromatic carbocycles. The first kappa shape index (κ1) is 20.5. The molecule has 4 nitrogen and oxygen atoms in total. The van der Waals surface area contributed by atoms with Gasteiger partial charge in [0.05, 0.1) is 11.3 Å². The fourth-order valence-corrected chi connectivity index (χ4v) is 2.30. The Morgan fingerprint density at radius 3 is 2.38 bits per heavy atom. The molecule has 0 saturated heterocycles. The molecular formula is C16H20F3NO3S. The van der Waals surface area contributed by atoms with Crippen LogP contribution in [0.15, 0.2) is 22.6 Å². The van der Waals surface area contributed by atoms with Crippen LogP contribution in [0.25, 0.3) is 0 Å². The summed E-state index contributed by atoms with van der Waals surface area (Å²) in [7, 11) is 0. The Morgan fingerprint density at radius 1 is 1.29 bits per heavy atom. The molecular weight excluding hydrogens is 343 g/mol. The topological polar surface area (TPSA) is 61.7 Å². The SMILES string of the molecule is CC(=O)OCC(F)(F)c1cccc(C(C)=N[S@+]([O-])C(C)(C)C)c1F. The first-order valence-electron chi connectivity index (χ1n) is 7.14. The average molecular weight is 363 g/mol. The van der Waals surface area contributed by atoms with E-state index in [4.69, 9.17) is 0 Å². The fraction of sp³-hybridized carbons (Fsp3) is 0.500. The molecule has 0 amide bonds. The van der Waals surface area contributed by atoms with Crippen molar-refractivity contribution >= 4 is 23.0 Å². The fourth-order valence-electron chi connectivity index (χ4n) is 1.67. The van der Waals surface area contributed by atoms with Gasteiger partial charge in [0.15, 0.2) is 6.61 Å². The molecule has 0 fully saturated rings. The number of hydrogen-bond donors (Lipinski definition) is 0. The third kappa shape index (κ3) is 5.24. The van der Waals surface area contributed by atoms with Crippen LogP contribution in [-0.4, -0.2) is 27.6 Å². The molecule has 0 aliphatic heterocycles. The van der Waals surface area contributed by atoms with Gasteiger partial charge in [-0.1, -0.05) is 16.5 Å². The number of hydrogen-bond acceptors (Lipinski definition) is 4. The molecule has 0 radical (unpaired) electrons. The highest BCUT2D eigenvalue weighted by Crippen LogP contribution is 2.32.